The molecule has 0 spiro atoms. The number of benzene rings is 1. The van der Waals surface area contributed by atoms with E-state index in [1.54, 1.807) is 0 Å². The SMILES string of the molecule is CCCNCCC(O)c1ccc2c(c1)OCCO2. The second kappa shape index (κ2) is 6.61. The Morgan fingerprint density at radius 3 is 2.78 bits per heavy atom. The van der Waals surface area contributed by atoms with Gasteiger partial charge in [-0.25, -0.2) is 0 Å². The molecule has 100 valence electrons. The van der Waals surface area contributed by atoms with Gasteiger partial charge in [0.05, 0.1) is 6.10 Å². The summed E-state index contributed by atoms with van der Waals surface area (Å²) in [5.74, 6) is 1.50. The molecule has 0 saturated heterocycles. The molecule has 0 fully saturated rings. The number of rotatable bonds is 6. The number of aliphatic hydroxyl groups excluding tert-OH is 1. The van der Waals surface area contributed by atoms with Crippen molar-refractivity contribution in [2.75, 3.05) is 26.3 Å². The first-order chi connectivity index (χ1) is 8.81. The minimum Gasteiger partial charge on any atom is -0.486 e. The number of nitrogens with one attached hydrogen (secondary N) is 1. The van der Waals surface area contributed by atoms with Gasteiger partial charge in [-0.2, -0.15) is 0 Å². The molecule has 18 heavy (non-hydrogen) atoms. The molecule has 0 aromatic heterocycles. The van der Waals surface area contributed by atoms with Crippen molar-refractivity contribution in [3.63, 3.8) is 0 Å². The van der Waals surface area contributed by atoms with Crippen LogP contribution >= 0.6 is 0 Å². The number of hydrogen-bond donors (Lipinski definition) is 2. The van der Waals surface area contributed by atoms with E-state index in [4.69, 9.17) is 9.47 Å². The Morgan fingerprint density at radius 1 is 1.22 bits per heavy atom. The zero-order valence-corrected chi connectivity index (χ0v) is 10.8. The van der Waals surface area contributed by atoms with Crippen LogP contribution in [0.15, 0.2) is 18.2 Å². The quantitative estimate of drug-likeness (QED) is 0.758. The van der Waals surface area contributed by atoms with Crippen LogP contribution in [0.3, 0.4) is 0 Å². The lowest BCUT2D eigenvalue weighted by molar-refractivity contribution is 0.159. The summed E-state index contributed by atoms with van der Waals surface area (Å²) < 4.78 is 11.0. The standard InChI is InChI=1S/C14H21NO3/c1-2-6-15-7-5-12(16)11-3-4-13-14(10-11)18-9-8-17-13/h3-4,10,12,15-16H,2,5-9H2,1H3. The van der Waals surface area contributed by atoms with E-state index in [0.717, 1.165) is 36.6 Å². The maximum Gasteiger partial charge on any atom is 0.161 e. The van der Waals surface area contributed by atoms with Crippen molar-refractivity contribution in [1.29, 1.82) is 0 Å². The molecular formula is C14H21NO3. The summed E-state index contributed by atoms with van der Waals surface area (Å²) in [7, 11) is 0. The van der Waals surface area contributed by atoms with Gasteiger partial charge >= 0.3 is 0 Å². The van der Waals surface area contributed by atoms with Gasteiger partial charge in [0.25, 0.3) is 0 Å². The molecule has 1 aromatic rings. The zero-order valence-electron chi connectivity index (χ0n) is 10.8. The topological polar surface area (TPSA) is 50.7 Å². The Labute approximate surface area is 108 Å². The van der Waals surface area contributed by atoms with Crippen molar-refractivity contribution in [1.82, 2.24) is 5.32 Å². The molecule has 0 bridgehead atoms. The van der Waals surface area contributed by atoms with Gasteiger partial charge in [0, 0.05) is 0 Å². The van der Waals surface area contributed by atoms with E-state index in [-0.39, 0.29) is 0 Å². The van der Waals surface area contributed by atoms with Gasteiger partial charge in [-0.15, -0.1) is 0 Å². The van der Waals surface area contributed by atoms with Crippen LogP contribution in [-0.2, 0) is 0 Å². The summed E-state index contributed by atoms with van der Waals surface area (Å²) in [6.07, 6.45) is 1.37. The lowest BCUT2D eigenvalue weighted by Gasteiger charge is -2.20. The monoisotopic (exact) mass is 251 g/mol. The molecular weight excluding hydrogens is 230 g/mol. The molecule has 2 rings (SSSR count). The smallest absolute Gasteiger partial charge is 0.161 e. The minimum absolute atomic E-state index is 0.454. The Bertz CT molecular complexity index is 381. The average molecular weight is 251 g/mol. The van der Waals surface area contributed by atoms with Crippen LogP contribution in [0.25, 0.3) is 0 Å². The van der Waals surface area contributed by atoms with Gasteiger partial charge in [0.1, 0.15) is 13.2 Å². The largest absolute Gasteiger partial charge is 0.486 e. The third kappa shape index (κ3) is 3.37. The lowest BCUT2D eigenvalue weighted by atomic mass is 10.1. The number of ether oxygens (including phenoxy) is 2. The fourth-order valence-corrected chi connectivity index (χ4v) is 1.97. The first kappa shape index (κ1) is 13.2. The molecule has 1 aromatic carbocycles. The summed E-state index contributed by atoms with van der Waals surface area (Å²) in [5, 5.41) is 13.4. The number of hydrogen-bond acceptors (Lipinski definition) is 4. The van der Waals surface area contributed by atoms with E-state index in [2.05, 4.69) is 12.2 Å². The lowest BCUT2D eigenvalue weighted by Crippen LogP contribution is -2.18. The van der Waals surface area contributed by atoms with Gasteiger partial charge < -0.3 is 19.9 Å². The van der Waals surface area contributed by atoms with E-state index < -0.39 is 6.10 Å². The van der Waals surface area contributed by atoms with Gasteiger partial charge in [0.15, 0.2) is 11.5 Å². The Hall–Kier alpha value is -1.26. The van der Waals surface area contributed by atoms with Crippen LogP contribution in [0.2, 0.25) is 0 Å². The molecule has 1 heterocycles. The normalized spacial score (nSPS) is 15.4. The molecule has 1 aliphatic heterocycles. The third-order valence-electron chi connectivity index (χ3n) is 2.97. The van der Waals surface area contributed by atoms with Crippen molar-refractivity contribution in [2.45, 2.75) is 25.9 Å². The summed E-state index contributed by atoms with van der Waals surface area (Å²) in [6, 6.07) is 5.64. The Morgan fingerprint density at radius 2 is 2.00 bits per heavy atom. The first-order valence-corrected chi connectivity index (χ1v) is 6.59. The maximum atomic E-state index is 10.1. The van der Waals surface area contributed by atoms with Gasteiger partial charge in [-0.3, -0.25) is 0 Å². The molecule has 1 atom stereocenters. The van der Waals surface area contributed by atoms with Crippen LogP contribution < -0.4 is 14.8 Å². The third-order valence-corrected chi connectivity index (χ3v) is 2.97. The summed E-state index contributed by atoms with van der Waals surface area (Å²) in [5.41, 5.74) is 0.887. The minimum atomic E-state index is -0.454. The van der Waals surface area contributed by atoms with Crippen molar-refractivity contribution in [3.8, 4) is 11.5 Å². The molecule has 0 aliphatic carbocycles. The van der Waals surface area contributed by atoms with E-state index in [0.29, 0.717) is 19.6 Å². The zero-order chi connectivity index (χ0) is 12.8. The fraction of sp³-hybridized carbons (Fsp3) is 0.571. The Kier molecular flexibility index (Phi) is 4.84. The molecule has 1 unspecified atom stereocenters. The van der Waals surface area contributed by atoms with E-state index >= 15 is 0 Å². The molecule has 0 amide bonds. The maximum absolute atomic E-state index is 10.1. The highest BCUT2D eigenvalue weighted by Crippen LogP contribution is 2.33. The van der Waals surface area contributed by atoms with Crippen LogP contribution in [-0.4, -0.2) is 31.4 Å². The predicted octanol–water partition coefficient (Wildman–Crippen LogP) is 1.88. The van der Waals surface area contributed by atoms with Crippen LogP contribution in [0, 0.1) is 0 Å². The average Bonchev–Trinajstić information content (AvgIpc) is 2.43. The summed E-state index contributed by atoms with van der Waals surface area (Å²) in [4.78, 5) is 0. The van der Waals surface area contributed by atoms with E-state index in [1.807, 2.05) is 18.2 Å². The van der Waals surface area contributed by atoms with Gasteiger partial charge in [-0.1, -0.05) is 13.0 Å². The fourth-order valence-electron chi connectivity index (χ4n) is 1.97. The van der Waals surface area contributed by atoms with Crippen LogP contribution in [0.4, 0.5) is 0 Å². The second-order valence-electron chi connectivity index (χ2n) is 4.46. The molecule has 4 heteroatoms. The number of fused-ring (bicyclic) bond motifs is 1. The molecule has 0 radical (unpaired) electrons. The van der Waals surface area contributed by atoms with E-state index in [1.165, 1.54) is 0 Å². The van der Waals surface area contributed by atoms with Gasteiger partial charge in [0.2, 0.25) is 0 Å². The molecule has 2 N–H and O–H groups in total. The van der Waals surface area contributed by atoms with Crippen molar-refractivity contribution in [2.24, 2.45) is 0 Å². The highest BCUT2D eigenvalue weighted by atomic mass is 16.6. The van der Waals surface area contributed by atoms with Crippen LogP contribution in [0.5, 0.6) is 11.5 Å². The van der Waals surface area contributed by atoms with Crippen molar-refractivity contribution >= 4 is 0 Å². The molecule has 1 aliphatic rings. The molecule has 4 nitrogen and oxygen atoms in total. The second-order valence-corrected chi connectivity index (χ2v) is 4.46. The van der Waals surface area contributed by atoms with Crippen molar-refractivity contribution in [3.05, 3.63) is 23.8 Å². The number of aliphatic hydroxyl groups is 1. The van der Waals surface area contributed by atoms with E-state index in [9.17, 15) is 5.11 Å². The Balaban J connectivity index is 1.91. The van der Waals surface area contributed by atoms with Crippen LogP contribution in [0.1, 0.15) is 31.4 Å². The first-order valence-electron chi connectivity index (χ1n) is 6.59. The molecule has 0 saturated carbocycles. The van der Waals surface area contributed by atoms with Crippen molar-refractivity contribution < 1.29 is 14.6 Å². The summed E-state index contributed by atoms with van der Waals surface area (Å²) >= 11 is 0. The summed E-state index contributed by atoms with van der Waals surface area (Å²) in [6.45, 7) is 5.11. The van der Waals surface area contributed by atoms with Gasteiger partial charge in [-0.05, 0) is 43.6 Å². The highest BCUT2D eigenvalue weighted by Gasteiger charge is 2.15. The predicted molar refractivity (Wildman–Crippen MR) is 70.2 cm³/mol. The highest BCUT2D eigenvalue weighted by molar-refractivity contribution is 5.44.